The maximum absolute atomic E-state index is 13.1. The fourth-order valence-electron chi connectivity index (χ4n) is 4.21. The molecule has 0 atom stereocenters. The number of aromatic nitrogens is 2. The SMILES string of the molecule is Cc1cc2c(N3CCN(S(=O)(=O)c4ccc5c(c4)CCC5)CC3)ncnc2s1. The minimum atomic E-state index is -3.45. The number of rotatable bonds is 3. The van der Waals surface area contributed by atoms with E-state index in [1.54, 1.807) is 28.0 Å². The van der Waals surface area contributed by atoms with Crippen LogP contribution in [0.2, 0.25) is 0 Å². The maximum Gasteiger partial charge on any atom is 0.243 e. The molecule has 146 valence electrons. The predicted octanol–water partition coefficient (Wildman–Crippen LogP) is 3.00. The summed E-state index contributed by atoms with van der Waals surface area (Å²) in [4.78, 5) is 13.6. The van der Waals surface area contributed by atoms with Crippen molar-refractivity contribution in [3.05, 3.63) is 46.6 Å². The molecule has 0 unspecified atom stereocenters. The topological polar surface area (TPSA) is 66.4 Å². The Morgan fingerprint density at radius 3 is 2.61 bits per heavy atom. The molecule has 2 aromatic heterocycles. The summed E-state index contributed by atoms with van der Waals surface area (Å²) < 4.78 is 27.9. The van der Waals surface area contributed by atoms with Gasteiger partial charge in [0.2, 0.25) is 10.0 Å². The van der Waals surface area contributed by atoms with E-state index in [0.717, 1.165) is 35.3 Å². The molecule has 0 bridgehead atoms. The lowest BCUT2D eigenvalue weighted by Crippen LogP contribution is -2.49. The Balaban J connectivity index is 1.36. The molecule has 0 amide bonds. The molecule has 1 fully saturated rings. The van der Waals surface area contributed by atoms with Crippen molar-refractivity contribution in [2.45, 2.75) is 31.1 Å². The Kier molecular flexibility index (Phi) is 4.37. The van der Waals surface area contributed by atoms with E-state index in [0.29, 0.717) is 31.1 Å². The minimum absolute atomic E-state index is 0.430. The van der Waals surface area contributed by atoms with Gasteiger partial charge in [-0.1, -0.05) is 6.07 Å². The van der Waals surface area contributed by atoms with Crippen molar-refractivity contribution in [1.29, 1.82) is 0 Å². The largest absolute Gasteiger partial charge is 0.353 e. The van der Waals surface area contributed by atoms with Crippen LogP contribution < -0.4 is 4.90 Å². The van der Waals surface area contributed by atoms with Crippen LogP contribution in [0.3, 0.4) is 0 Å². The highest BCUT2D eigenvalue weighted by molar-refractivity contribution is 7.89. The molecule has 5 rings (SSSR count). The molecule has 8 heteroatoms. The van der Waals surface area contributed by atoms with Gasteiger partial charge in [0.1, 0.15) is 17.0 Å². The third-order valence-electron chi connectivity index (χ3n) is 5.68. The van der Waals surface area contributed by atoms with E-state index in [1.165, 1.54) is 16.0 Å². The Hall–Kier alpha value is -2.03. The third kappa shape index (κ3) is 3.00. The first-order chi connectivity index (χ1) is 13.5. The molecule has 6 nitrogen and oxygen atoms in total. The Bertz CT molecular complexity index is 1150. The van der Waals surface area contributed by atoms with Crippen LogP contribution in [0.1, 0.15) is 22.4 Å². The van der Waals surface area contributed by atoms with Crippen LogP contribution in [0.25, 0.3) is 10.2 Å². The first-order valence-electron chi connectivity index (χ1n) is 9.60. The molecule has 2 aliphatic rings. The highest BCUT2D eigenvalue weighted by Gasteiger charge is 2.30. The highest BCUT2D eigenvalue weighted by Crippen LogP contribution is 2.31. The van der Waals surface area contributed by atoms with Crippen LogP contribution >= 0.6 is 11.3 Å². The van der Waals surface area contributed by atoms with E-state index in [9.17, 15) is 8.42 Å². The van der Waals surface area contributed by atoms with Gasteiger partial charge >= 0.3 is 0 Å². The van der Waals surface area contributed by atoms with Crippen molar-refractivity contribution in [3.8, 4) is 0 Å². The Morgan fingerprint density at radius 1 is 1.00 bits per heavy atom. The minimum Gasteiger partial charge on any atom is -0.353 e. The number of fused-ring (bicyclic) bond motifs is 2. The zero-order valence-corrected chi connectivity index (χ0v) is 17.4. The lowest BCUT2D eigenvalue weighted by molar-refractivity contribution is 0.384. The molecule has 0 spiro atoms. The summed E-state index contributed by atoms with van der Waals surface area (Å²) in [6.07, 6.45) is 4.76. The van der Waals surface area contributed by atoms with Crippen LogP contribution in [-0.4, -0.2) is 48.9 Å². The smallest absolute Gasteiger partial charge is 0.243 e. The molecule has 3 aromatic rings. The molecule has 0 saturated carbocycles. The van der Waals surface area contributed by atoms with Gasteiger partial charge in [0.15, 0.2) is 0 Å². The van der Waals surface area contributed by atoms with Gasteiger partial charge in [-0.05, 0) is 55.5 Å². The van der Waals surface area contributed by atoms with Gasteiger partial charge in [0, 0.05) is 31.1 Å². The van der Waals surface area contributed by atoms with Crippen LogP contribution in [0.15, 0.2) is 35.5 Å². The summed E-state index contributed by atoms with van der Waals surface area (Å²) in [5.41, 5.74) is 2.48. The first kappa shape index (κ1) is 18.0. The average Bonchev–Trinajstić information content (AvgIpc) is 3.32. The third-order valence-corrected chi connectivity index (χ3v) is 8.53. The summed E-state index contributed by atoms with van der Waals surface area (Å²) in [5.74, 6) is 0.906. The van der Waals surface area contributed by atoms with E-state index in [4.69, 9.17) is 0 Å². The molecular formula is C20H22N4O2S2. The van der Waals surface area contributed by atoms with Crippen molar-refractivity contribution in [2.24, 2.45) is 0 Å². The van der Waals surface area contributed by atoms with Crippen molar-refractivity contribution < 1.29 is 8.42 Å². The van der Waals surface area contributed by atoms with E-state index in [-0.39, 0.29) is 0 Å². The molecule has 1 saturated heterocycles. The lowest BCUT2D eigenvalue weighted by atomic mass is 10.1. The van der Waals surface area contributed by atoms with Crippen molar-refractivity contribution >= 4 is 37.4 Å². The number of nitrogens with zero attached hydrogens (tertiary/aromatic N) is 4. The Labute approximate surface area is 168 Å². The van der Waals surface area contributed by atoms with Crippen LogP contribution in [0.4, 0.5) is 5.82 Å². The second kappa shape index (κ2) is 6.79. The summed E-state index contributed by atoms with van der Waals surface area (Å²) in [7, 11) is -3.45. The highest BCUT2D eigenvalue weighted by atomic mass is 32.2. The van der Waals surface area contributed by atoms with Gasteiger partial charge < -0.3 is 4.90 Å². The first-order valence-corrected chi connectivity index (χ1v) is 11.9. The number of anilines is 1. The van der Waals surface area contributed by atoms with Crippen molar-refractivity contribution in [2.75, 3.05) is 31.1 Å². The summed E-state index contributed by atoms with van der Waals surface area (Å²) in [6.45, 7) is 4.26. The lowest BCUT2D eigenvalue weighted by Gasteiger charge is -2.34. The van der Waals surface area contributed by atoms with Crippen molar-refractivity contribution in [1.82, 2.24) is 14.3 Å². The van der Waals surface area contributed by atoms with Gasteiger partial charge in [0.25, 0.3) is 0 Å². The number of hydrogen-bond donors (Lipinski definition) is 0. The molecule has 1 aromatic carbocycles. The van der Waals surface area contributed by atoms with Gasteiger partial charge in [0.05, 0.1) is 10.3 Å². The maximum atomic E-state index is 13.1. The second-order valence-electron chi connectivity index (χ2n) is 7.45. The van der Waals surface area contributed by atoms with E-state index >= 15 is 0 Å². The second-order valence-corrected chi connectivity index (χ2v) is 10.6. The summed E-state index contributed by atoms with van der Waals surface area (Å²) in [6, 6.07) is 7.76. The quantitative estimate of drug-likeness (QED) is 0.659. The zero-order valence-electron chi connectivity index (χ0n) is 15.8. The molecule has 1 aliphatic heterocycles. The van der Waals surface area contributed by atoms with Gasteiger partial charge in [-0.2, -0.15) is 4.31 Å². The monoisotopic (exact) mass is 414 g/mol. The summed E-state index contributed by atoms with van der Waals surface area (Å²) in [5, 5.41) is 1.06. The van der Waals surface area contributed by atoms with E-state index in [2.05, 4.69) is 27.9 Å². The van der Waals surface area contributed by atoms with Crippen LogP contribution in [0.5, 0.6) is 0 Å². The van der Waals surface area contributed by atoms with Crippen LogP contribution in [0, 0.1) is 6.92 Å². The fourth-order valence-corrected chi connectivity index (χ4v) is 6.53. The van der Waals surface area contributed by atoms with Gasteiger partial charge in [-0.3, -0.25) is 0 Å². The molecule has 1 aliphatic carbocycles. The molecule has 0 N–H and O–H groups in total. The van der Waals surface area contributed by atoms with Gasteiger partial charge in [-0.25, -0.2) is 18.4 Å². The standard InChI is InChI=1S/C20H22N4O2S2/c1-14-11-18-19(21-13-22-20(18)27-14)23-7-9-24(10-8-23)28(25,26)17-6-5-15-3-2-4-16(15)12-17/h5-6,11-13H,2-4,7-10H2,1H3. The number of aryl methyl sites for hydroxylation is 3. The van der Waals surface area contributed by atoms with Crippen molar-refractivity contribution in [3.63, 3.8) is 0 Å². The van der Waals surface area contributed by atoms with E-state index < -0.39 is 10.0 Å². The number of thiophene rings is 1. The Morgan fingerprint density at radius 2 is 1.79 bits per heavy atom. The summed E-state index contributed by atoms with van der Waals surface area (Å²) >= 11 is 1.66. The molecule has 3 heterocycles. The molecule has 0 radical (unpaired) electrons. The van der Waals surface area contributed by atoms with Crippen LogP contribution in [-0.2, 0) is 22.9 Å². The predicted molar refractivity (Wildman–Crippen MR) is 112 cm³/mol. The molecule has 28 heavy (non-hydrogen) atoms. The average molecular weight is 415 g/mol. The van der Waals surface area contributed by atoms with Gasteiger partial charge in [-0.15, -0.1) is 11.3 Å². The number of benzene rings is 1. The molecular weight excluding hydrogens is 392 g/mol. The van der Waals surface area contributed by atoms with E-state index in [1.807, 2.05) is 12.1 Å². The zero-order chi connectivity index (χ0) is 19.3. The number of hydrogen-bond acceptors (Lipinski definition) is 6. The number of piperazine rings is 1. The normalized spacial score (nSPS) is 18.0. The number of sulfonamides is 1. The fraction of sp³-hybridized carbons (Fsp3) is 0.400.